The van der Waals surface area contributed by atoms with Crippen molar-refractivity contribution in [2.75, 3.05) is 25.7 Å². The Morgan fingerprint density at radius 1 is 1.39 bits per heavy atom. The number of rotatable bonds is 5. The first-order valence-corrected chi connectivity index (χ1v) is 9.77. The molecule has 1 aliphatic carbocycles. The third-order valence-corrected chi connectivity index (χ3v) is 5.72. The summed E-state index contributed by atoms with van der Waals surface area (Å²) in [6.45, 7) is 0.451. The molecule has 2 amide bonds. The average Bonchev–Trinajstić information content (AvgIpc) is 2.78. The maximum atomic E-state index is 12.4. The highest BCUT2D eigenvalue weighted by atomic mass is 32.2. The zero-order valence-corrected chi connectivity index (χ0v) is 14.2. The molecular weight excluding hydrogens is 324 g/mol. The average molecular weight is 348 g/mol. The highest BCUT2D eigenvalue weighted by molar-refractivity contribution is 7.90. The number of methoxy groups -OCH3 is 1. The topological polar surface area (TPSA) is 113 Å². The second kappa shape index (κ2) is 7.04. The maximum absolute atomic E-state index is 12.4. The molecule has 0 spiro atoms. The molecule has 2 aliphatic rings. The smallest absolute Gasteiger partial charge is 0.405 e. The Kier molecular flexibility index (Phi) is 5.51. The number of amides is 2. The normalized spacial score (nSPS) is 32.1. The fourth-order valence-electron chi connectivity index (χ4n) is 3.71. The summed E-state index contributed by atoms with van der Waals surface area (Å²) in [5.74, 6) is -0.429. The molecular formula is C14H24N2O6S. The van der Waals surface area contributed by atoms with Gasteiger partial charge in [-0.25, -0.2) is 13.2 Å². The van der Waals surface area contributed by atoms with E-state index in [9.17, 15) is 18.0 Å². The quantitative estimate of drug-likeness (QED) is 0.728. The van der Waals surface area contributed by atoms with Gasteiger partial charge in [-0.05, 0) is 31.6 Å². The van der Waals surface area contributed by atoms with E-state index in [4.69, 9.17) is 9.84 Å². The van der Waals surface area contributed by atoms with Crippen LogP contribution in [0.4, 0.5) is 4.79 Å². The van der Waals surface area contributed by atoms with Crippen LogP contribution < -0.4 is 5.32 Å². The van der Waals surface area contributed by atoms with E-state index in [0.29, 0.717) is 25.8 Å². The molecule has 1 saturated carbocycles. The number of nitrogens with one attached hydrogen (secondary N) is 1. The summed E-state index contributed by atoms with van der Waals surface area (Å²) < 4.78 is 28.8. The van der Waals surface area contributed by atoms with Crippen molar-refractivity contribution in [3.8, 4) is 0 Å². The zero-order chi connectivity index (χ0) is 17.2. The largest absolute Gasteiger partial charge is 0.465 e. The van der Waals surface area contributed by atoms with Crippen molar-refractivity contribution in [3.63, 3.8) is 0 Å². The summed E-state index contributed by atoms with van der Waals surface area (Å²) in [5.41, 5.74) is 0. The molecule has 0 unspecified atom stereocenters. The highest BCUT2D eigenvalue weighted by Gasteiger charge is 2.43. The predicted octanol–water partition coefficient (Wildman–Crippen LogP) is 0.0832. The molecule has 8 nitrogen and oxygen atoms in total. The Labute approximate surface area is 136 Å². The Hall–Kier alpha value is -1.35. The first-order chi connectivity index (χ1) is 10.7. The number of carbonyl (C=O) groups is 2. The van der Waals surface area contributed by atoms with Crippen LogP contribution in [-0.2, 0) is 19.4 Å². The van der Waals surface area contributed by atoms with E-state index in [1.54, 1.807) is 12.0 Å². The van der Waals surface area contributed by atoms with Crippen molar-refractivity contribution in [1.82, 2.24) is 10.2 Å². The molecule has 0 bridgehead atoms. The van der Waals surface area contributed by atoms with Crippen LogP contribution in [-0.4, -0.2) is 74.3 Å². The van der Waals surface area contributed by atoms with Gasteiger partial charge in [0.05, 0.1) is 11.9 Å². The van der Waals surface area contributed by atoms with Crippen LogP contribution in [0.1, 0.15) is 25.7 Å². The Balaban J connectivity index is 2.12. The van der Waals surface area contributed by atoms with E-state index in [1.165, 1.54) is 6.26 Å². The summed E-state index contributed by atoms with van der Waals surface area (Å²) in [6.07, 6.45) is 2.42. The lowest BCUT2D eigenvalue weighted by Crippen LogP contribution is -2.50. The van der Waals surface area contributed by atoms with Gasteiger partial charge in [0.25, 0.3) is 0 Å². The monoisotopic (exact) mass is 348 g/mol. The summed E-state index contributed by atoms with van der Waals surface area (Å²) in [6, 6.07) is -0.907. The number of hydrogen-bond donors (Lipinski definition) is 2. The maximum Gasteiger partial charge on any atom is 0.405 e. The van der Waals surface area contributed by atoms with Gasteiger partial charge in [0.1, 0.15) is 15.9 Å². The summed E-state index contributed by atoms with van der Waals surface area (Å²) >= 11 is 0. The molecule has 23 heavy (non-hydrogen) atoms. The van der Waals surface area contributed by atoms with E-state index in [-0.39, 0.29) is 29.7 Å². The van der Waals surface area contributed by atoms with E-state index >= 15 is 0 Å². The first-order valence-electron chi connectivity index (χ1n) is 7.71. The molecule has 1 aliphatic heterocycles. The second-order valence-corrected chi connectivity index (χ2v) is 8.60. The van der Waals surface area contributed by atoms with Crippen molar-refractivity contribution >= 4 is 21.8 Å². The summed E-state index contributed by atoms with van der Waals surface area (Å²) in [5, 5.41) is 11.0. The summed E-state index contributed by atoms with van der Waals surface area (Å²) in [4.78, 5) is 24.8. The Bertz CT molecular complexity index is 564. The molecule has 0 aromatic heterocycles. The van der Waals surface area contributed by atoms with E-state index in [1.807, 2.05) is 0 Å². The van der Waals surface area contributed by atoms with Gasteiger partial charge in [-0.15, -0.1) is 0 Å². The molecule has 2 N–H and O–H groups in total. The third-order valence-electron chi connectivity index (χ3n) is 4.68. The van der Waals surface area contributed by atoms with Gasteiger partial charge in [0.2, 0.25) is 5.91 Å². The van der Waals surface area contributed by atoms with Gasteiger partial charge in [-0.3, -0.25) is 4.79 Å². The predicted molar refractivity (Wildman–Crippen MR) is 82.9 cm³/mol. The van der Waals surface area contributed by atoms with Crippen LogP contribution in [0.2, 0.25) is 0 Å². The first kappa shape index (κ1) is 18.0. The lowest BCUT2D eigenvalue weighted by atomic mass is 9.83. The lowest BCUT2D eigenvalue weighted by Gasteiger charge is -2.40. The molecule has 2 fully saturated rings. The molecule has 1 heterocycles. The molecule has 0 radical (unpaired) electrons. The summed E-state index contributed by atoms with van der Waals surface area (Å²) in [7, 11) is -1.56. The number of ether oxygens (including phenoxy) is 1. The molecule has 1 saturated heterocycles. The highest BCUT2D eigenvalue weighted by Crippen LogP contribution is 2.33. The minimum atomic E-state index is -3.17. The number of likely N-dealkylation sites (tertiary alicyclic amines) is 1. The molecule has 132 valence electrons. The minimum absolute atomic E-state index is 0.00338. The Morgan fingerprint density at radius 2 is 2.09 bits per heavy atom. The SMILES string of the molecule is CO[C@@H]1CC[C@H](N2CC[C@H](NC(=O)O)C2=O)[C@H](CS(C)(=O)=O)C1. The van der Waals surface area contributed by atoms with E-state index in [2.05, 4.69) is 5.32 Å². The van der Waals surface area contributed by atoms with Gasteiger partial charge < -0.3 is 20.1 Å². The van der Waals surface area contributed by atoms with Gasteiger partial charge >= 0.3 is 6.09 Å². The molecule has 0 aromatic rings. The van der Waals surface area contributed by atoms with Crippen molar-refractivity contribution in [1.29, 1.82) is 0 Å². The molecule has 4 atom stereocenters. The minimum Gasteiger partial charge on any atom is -0.465 e. The fourth-order valence-corrected chi connectivity index (χ4v) is 4.85. The van der Waals surface area contributed by atoms with Crippen LogP contribution >= 0.6 is 0 Å². The second-order valence-electron chi connectivity index (χ2n) is 6.41. The van der Waals surface area contributed by atoms with E-state index in [0.717, 1.165) is 6.42 Å². The number of hydrogen-bond acceptors (Lipinski definition) is 5. The number of carboxylic acid groups (broad SMARTS) is 1. The van der Waals surface area contributed by atoms with Crippen LogP contribution in [0.3, 0.4) is 0 Å². The van der Waals surface area contributed by atoms with Crippen molar-refractivity contribution in [2.24, 2.45) is 5.92 Å². The zero-order valence-electron chi connectivity index (χ0n) is 13.4. The van der Waals surface area contributed by atoms with Crippen molar-refractivity contribution in [3.05, 3.63) is 0 Å². The Morgan fingerprint density at radius 3 is 2.65 bits per heavy atom. The molecule has 2 rings (SSSR count). The number of carbonyl (C=O) groups excluding carboxylic acids is 1. The third kappa shape index (κ3) is 4.57. The van der Waals surface area contributed by atoms with Gasteiger partial charge in [-0.2, -0.15) is 0 Å². The van der Waals surface area contributed by atoms with Crippen LogP contribution in [0, 0.1) is 5.92 Å². The molecule has 0 aromatic carbocycles. The van der Waals surface area contributed by atoms with Crippen molar-refractivity contribution in [2.45, 2.75) is 43.9 Å². The standard InChI is InChI=1S/C14H24N2O6S/c1-22-10-3-4-12(9(7-10)8-23(2,20)21)16-6-5-11(13(16)17)15-14(18)19/h9-12,15H,3-8H2,1-2H3,(H,18,19)/t9-,10+,11-,12-/m0/s1. The van der Waals surface area contributed by atoms with Crippen molar-refractivity contribution < 1.29 is 27.9 Å². The fraction of sp³-hybridized carbons (Fsp3) is 0.857. The molecule has 9 heteroatoms. The van der Waals surface area contributed by atoms with Gasteiger partial charge in [0.15, 0.2) is 0 Å². The number of nitrogens with zero attached hydrogens (tertiary/aromatic N) is 1. The van der Waals surface area contributed by atoms with Crippen LogP contribution in [0.25, 0.3) is 0 Å². The van der Waals surface area contributed by atoms with Crippen LogP contribution in [0.15, 0.2) is 0 Å². The lowest BCUT2D eigenvalue weighted by molar-refractivity contribution is -0.133. The van der Waals surface area contributed by atoms with E-state index < -0.39 is 22.0 Å². The van der Waals surface area contributed by atoms with Crippen LogP contribution in [0.5, 0.6) is 0 Å². The van der Waals surface area contributed by atoms with Gasteiger partial charge in [-0.1, -0.05) is 0 Å². The number of sulfone groups is 1. The van der Waals surface area contributed by atoms with Gasteiger partial charge in [0, 0.05) is 26.0 Å².